The second kappa shape index (κ2) is 10.00. The smallest absolute Gasteiger partial charge is 0.251 e. The van der Waals surface area contributed by atoms with E-state index >= 15 is 0 Å². The number of rotatable bonds is 10. The molecule has 0 saturated carbocycles. The van der Waals surface area contributed by atoms with Gasteiger partial charge in [0.25, 0.3) is 5.91 Å². The summed E-state index contributed by atoms with van der Waals surface area (Å²) in [5.41, 5.74) is 2.45. The molecule has 26 heavy (non-hydrogen) atoms. The molecular formula is C21H30N2O3. The largest absolute Gasteiger partial charge is 0.489 e. The summed E-state index contributed by atoms with van der Waals surface area (Å²) in [7, 11) is 0. The highest BCUT2D eigenvalue weighted by Gasteiger charge is 2.11. The number of aryl methyl sites for hydroxylation is 2. The van der Waals surface area contributed by atoms with Gasteiger partial charge in [-0.15, -0.1) is 0 Å². The summed E-state index contributed by atoms with van der Waals surface area (Å²) in [5, 5.41) is 6.98. The van der Waals surface area contributed by atoms with Crippen molar-refractivity contribution in [2.75, 3.05) is 0 Å². The van der Waals surface area contributed by atoms with Crippen LogP contribution in [0.2, 0.25) is 0 Å². The zero-order valence-electron chi connectivity index (χ0n) is 16.3. The first-order chi connectivity index (χ1) is 12.5. The lowest BCUT2D eigenvalue weighted by Crippen LogP contribution is -2.32. The normalized spacial score (nSPS) is 12.0. The van der Waals surface area contributed by atoms with Gasteiger partial charge in [-0.1, -0.05) is 37.8 Å². The van der Waals surface area contributed by atoms with Crippen molar-refractivity contribution in [3.05, 3.63) is 46.8 Å². The van der Waals surface area contributed by atoms with Gasteiger partial charge in [0.2, 0.25) is 0 Å². The molecule has 1 N–H and O–H groups in total. The Balaban J connectivity index is 1.81. The van der Waals surface area contributed by atoms with Crippen LogP contribution in [0.15, 0.2) is 28.8 Å². The van der Waals surface area contributed by atoms with Crippen LogP contribution in [0.1, 0.15) is 73.3 Å². The Kier molecular flexibility index (Phi) is 7.70. The number of aromatic nitrogens is 1. The predicted molar refractivity (Wildman–Crippen MR) is 102 cm³/mol. The molecule has 0 bridgehead atoms. The molecule has 0 fully saturated rings. The van der Waals surface area contributed by atoms with Gasteiger partial charge in [-0.2, -0.15) is 0 Å². The van der Waals surface area contributed by atoms with Crippen molar-refractivity contribution in [3.8, 4) is 5.75 Å². The molecule has 1 heterocycles. The number of carbonyl (C=O) groups is 1. The van der Waals surface area contributed by atoms with E-state index in [-0.39, 0.29) is 11.9 Å². The number of hydrogen-bond acceptors (Lipinski definition) is 4. The van der Waals surface area contributed by atoms with Crippen LogP contribution in [-0.2, 0) is 6.61 Å². The van der Waals surface area contributed by atoms with Crippen LogP contribution in [0, 0.1) is 13.8 Å². The van der Waals surface area contributed by atoms with E-state index in [4.69, 9.17) is 9.26 Å². The topological polar surface area (TPSA) is 64.4 Å². The highest BCUT2D eigenvalue weighted by Crippen LogP contribution is 2.18. The molecule has 0 aliphatic carbocycles. The van der Waals surface area contributed by atoms with E-state index in [9.17, 15) is 4.79 Å². The minimum Gasteiger partial charge on any atom is -0.489 e. The number of nitrogens with zero attached hydrogens (tertiary/aromatic N) is 1. The molecule has 0 aliphatic rings. The molecule has 142 valence electrons. The molecule has 1 unspecified atom stereocenters. The third kappa shape index (κ3) is 5.90. The first kappa shape index (κ1) is 20.0. The lowest BCUT2D eigenvalue weighted by molar-refractivity contribution is 0.0938. The van der Waals surface area contributed by atoms with E-state index in [1.165, 1.54) is 19.3 Å². The van der Waals surface area contributed by atoms with Crippen molar-refractivity contribution in [2.24, 2.45) is 0 Å². The molecule has 1 aromatic heterocycles. The molecule has 2 rings (SSSR count). The van der Waals surface area contributed by atoms with E-state index in [0.29, 0.717) is 17.9 Å². The van der Waals surface area contributed by atoms with Crippen LogP contribution in [0.5, 0.6) is 5.75 Å². The second-order valence-corrected chi connectivity index (χ2v) is 6.84. The molecule has 1 aromatic carbocycles. The van der Waals surface area contributed by atoms with Crippen molar-refractivity contribution in [1.82, 2.24) is 10.5 Å². The molecule has 1 amide bonds. The minimum atomic E-state index is -0.0368. The SMILES string of the molecule is CCCCCCC(C)NC(=O)c1ccc(OCc2c(C)noc2C)cc1. The van der Waals surface area contributed by atoms with Crippen molar-refractivity contribution < 1.29 is 14.1 Å². The monoisotopic (exact) mass is 358 g/mol. The molecular weight excluding hydrogens is 328 g/mol. The van der Waals surface area contributed by atoms with E-state index in [0.717, 1.165) is 29.9 Å². The molecule has 0 saturated heterocycles. The number of hydrogen-bond donors (Lipinski definition) is 1. The van der Waals surface area contributed by atoms with Gasteiger partial charge in [-0.3, -0.25) is 4.79 Å². The Hall–Kier alpha value is -2.30. The molecule has 0 aliphatic heterocycles. The van der Waals surface area contributed by atoms with Crippen LogP contribution in [0.3, 0.4) is 0 Å². The fourth-order valence-corrected chi connectivity index (χ4v) is 2.82. The summed E-state index contributed by atoms with van der Waals surface area (Å²) in [6.07, 6.45) is 5.89. The zero-order chi connectivity index (χ0) is 18.9. The zero-order valence-corrected chi connectivity index (χ0v) is 16.3. The quantitative estimate of drug-likeness (QED) is 0.610. The average Bonchev–Trinajstić information content (AvgIpc) is 2.95. The van der Waals surface area contributed by atoms with Crippen molar-refractivity contribution in [1.29, 1.82) is 0 Å². The molecule has 2 aromatic rings. The molecule has 0 spiro atoms. The third-order valence-electron chi connectivity index (χ3n) is 4.55. The fraction of sp³-hybridized carbons (Fsp3) is 0.524. The highest BCUT2D eigenvalue weighted by atomic mass is 16.5. The summed E-state index contributed by atoms with van der Waals surface area (Å²) >= 11 is 0. The van der Waals surface area contributed by atoms with Crippen molar-refractivity contribution in [3.63, 3.8) is 0 Å². The summed E-state index contributed by atoms with van der Waals surface area (Å²) in [5.74, 6) is 1.45. The summed E-state index contributed by atoms with van der Waals surface area (Å²) < 4.78 is 10.9. The van der Waals surface area contributed by atoms with Crippen LogP contribution in [0.4, 0.5) is 0 Å². The van der Waals surface area contributed by atoms with Gasteiger partial charge in [-0.25, -0.2) is 0 Å². The maximum atomic E-state index is 12.3. The Morgan fingerprint density at radius 3 is 2.54 bits per heavy atom. The predicted octanol–water partition coefficient (Wildman–Crippen LogP) is 4.96. The minimum absolute atomic E-state index is 0.0368. The Morgan fingerprint density at radius 2 is 1.92 bits per heavy atom. The lowest BCUT2D eigenvalue weighted by Gasteiger charge is -2.14. The van der Waals surface area contributed by atoms with Gasteiger partial charge >= 0.3 is 0 Å². The van der Waals surface area contributed by atoms with Gasteiger partial charge in [0.1, 0.15) is 18.1 Å². The van der Waals surface area contributed by atoms with Gasteiger partial charge in [-0.05, 0) is 51.5 Å². The summed E-state index contributed by atoms with van der Waals surface area (Å²) in [6, 6.07) is 7.41. The highest BCUT2D eigenvalue weighted by molar-refractivity contribution is 5.94. The fourth-order valence-electron chi connectivity index (χ4n) is 2.82. The second-order valence-electron chi connectivity index (χ2n) is 6.84. The van der Waals surface area contributed by atoms with E-state index in [1.807, 2.05) is 26.0 Å². The van der Waals surface area contributed by atoms with Crippen LogP contribution in [0.25, 0.3) is 0 Å². The van der Waals surface area contributed by atoms with E-state index in [2.05, 4.69) is 24.3 Å². The third-order valence-corrected chi connectivity index (χ3v) is 4.55. The van der Waals surface area contributed by atoms with Gasteiger partial charge in [0, 0.05) is 11.6 Å². The number of ether oxygens (including phenoxy) is 1. The van der Waals surface area contributed by atoms with E-state index in [1.54, 1.807) is 12.1 Å². The number of amides is 1. The molecule has 5 nitrogen and oxygen atoms in total. The van der Waals surface area contributed by atoms with Gasteiger partial charge < -0.3 is 14.6 Å². The summed E-state index contributed by atoms with van der Waals surface area (Å²) in [6.45, 7) is 8.43. The number of nitrogens with one attached hydrogen (secondary N) is 1. The first-order valence-corrected chi connectivity index (χ1v) is 9.46. The summed E-state index contributed by atoms with van der Waals surface area (Å²) in [4.78, 5) is 12.3. The van der Waals surface area contributed by atoms with Crippen LogP contribution < -0.4 is 10.1 Å². The van der Waals surface area contributed by atoms with Gasteiger partial charge in [0.05, 0.1) is 11.3 Å². The van der Waals surface area contributed by atoms with Crippen LogP contribution >= 0.6 is 0 Å². The van der Waals surface area contributed by atoms with Crippen LogP contribution in [-0.4, -0.2) is 17.1 Å². The lowest BCUT2D eigenvalue weighted by atomic mass is 10.1. The standard InChI is InChI=1S/C21H30N2O3/c1-5-6-7-8-9-15(2)22-21(24)18-10-12-19(13-11-18)25-14-20-16(3)23-26-17(20)4/h10-13,15H,5-9,14H2,1-4H3,(H,22,24). The Labute approximate surface area is 156 Å². The van der Waals surface area contributed by atoms with Gasteiger partial charge in [0.15, 0.2) is 0 Å². The first-order valence-electron chi connectivity index (χ1n) is 9.46. The van der Waals surface area contributed by atoms with Crippen molar-refractivity contribution >= 4 is 5.91 Å². The Morgan fingerprint density at radius 1 is 1.19 bits per heavy atom. The van der Waals surface area contributed by atoms with E-state index < -0.39 is 0 Å². The Bertz CT molecular complexity index is 672. The number of benzene rings is 1. The average molecular weight is 358 g/mol. The maximum Gasteiger partial charge on any atom is 0.251 e. The molecule has 5 heteroatoms. The number of unbranched alkanes of at least 4 members (excludes halogenated alkanes) is 3. The number of carbonyl (C=O) groups excluding carboxylic acids is 1. The molecule has 1 atom stereocenters. The van der Waals surface area contributed by atoms with Crippen molar-refractivity contribution in [2.45, 2.75) is 72.4 Å². The maximum absolute atomic E-state index is 12.3. The molecule has 0 radical (unpaired) electrons.